The summed E-state index contributed by atoms with van der Waals surface area (Å²) in [5.74, 6) is -6.64. The predicted octanol–water partition coefficient (Wildman–Crippen LogP) is 3.03. The molecule has 0 spiro atoms. The van der Waals surface area contributed by atoms with Gasteiger partial charge in [-0.1, -0.05) is 13.5 Å². The molecule has 0 aliphatic heterocycles. The van der Waals surface area contributed by atoms with E-state index in [1.54, 1.807) is 0 Å². The molecule has 8 heteroatoms. The van der Waals surface area contributed by atoms with Gasteiger partial charge in [-0.25, -0.2) is 18.0 Å². The molecule has 0 bridgehead atoms. The summed E-state index contributed by atoms with van der Waals surface area (Å²) in [5, 5.41) is 0. The maximum Gasteiger partial charge on any atom is 0.349 e. The fourth-order valence-electron chi connectivity index (χ4n) is 0.693. The summed E-state index contributed by atoms with van der Waals surface area (Å²) < 4.78 is 77.2. The molecule has 0 rings (SSSR count). The van der Waals surface area contributed by atoms with Crippen molar-refractivity contribution in [1.29, 1.82) is 0 Å². The van der Waals surface area contributed by atoms with Crippen LogP contribution in [0, 0.1) is 0 Å². The zero-order valence-corrected chi connectivity index (χ0v) is 8.73. The van der Waals surface area contributed by atoms with Gasteiger partial charge in [-0.15, -0.1) is 0 Å². The maximum atomic E-state index is 12.7. The molecule has 0 aliphatic carbocycles. The molecule has 17 heavy (non-hydrogen) atoms. The van der Waals surface area contributed by atoms with Crippen LogP contribution in [0.2, 0.25) is 0 Å². The fraction of sp³-hybridized carbons (Fsp3) is 0.667. The van der Waals surface area contributed by atoms with Gasteiger partial charge < -0.3 is 4.74 Å². The van der Waals surface area contributed by atoms with Gasteiger partial charge in [-0.2, -0.15) is 13.2 Å². The van der Waals surface area contributed by atoms with Gasteiger partial charge in [0.15, 0.2) is 0 Å². The van der Waals surface area contributed by atoms with E-state index >= 15 is 0 Å². The second-order valence-corrected chi connectivity index (χ2v) is 3.09. The molecule has 0 amide bonds. The summed E-state index contributed by atoms with van der Waals surface area (Å²) in [4.78, 5) is 10.8. The number of ether oxygens (including phenoxy) is 1. The summed E-state index contributed by atoms with van der Waals surface area (Å²) in [6, 6.07) is 0. The third kappa shape index (κ3) is 3.94. The monoisotopic (exact) mass is 264 g/mol. The fourth-order valence-corrected chi connectivity index (χ4v) is 0.693. The van der Waals surface area contributed by atoms with Crippen molar-refractivity contribution in [3.05, 3.63) is 12.2 Å². The van der Waals surface area contributed by atoms with Crippen molar-refractivity contribution < 1.29 is 35.9 Å². The highest BCUT2D eigenvalue weighted by Gasteiger charge is 2.55. The van der Waals surface area contributed by atoms with Crippen molar-refractivity contribution in [1.82, 2.24) is 0 Å². The van der Waals surface area contributed by atoms with E-state index < -0.39 is 30.8 Å². The van der Waals surface area contributed by atoms with Crippen LogP contribution in [-0.2, 0) is 9.53 Å². The van der Waals surface area contributed by atoms with Gasteiger partial charge >= 0.3 is 18.2 Å². The van der Waals surface area contributed by atoms with Gasteiger partial charge in [0.2, 0.25) is 6.17 Å². The minimum Gasteiger partial charge on any atom is -0.421 e. The standard InChI is InChI=1S/C9H10F6O2/c1-3-4(2)7(16)17-8(13)9(14,15)5(10)6(11)12/h5-6,8H,2-3H2,1H3. The lowest BCUT2D eigenvalue weighted by Gasteiger charge is -2.23. The van der Waals surface area contributed by atoms with E-state index in [9.17, 15) is 31.1 Å². The van der Waals surface area contributed by atoms with Crippen LogP contribution in [0.25, 0.3) is 0 Å². The Morgan fingerprint density at radius 2 is 1.76 bits per heavy atom. The number of esters is 1. The third-order valence-corrected chi connectivity index (χ3v) is 1.82. The van der Waals surface area contributed by atoms with E-state index in [0.29, 0.717) is 0 Å². The van der Waals surface area contributed by atoms with E-state index in [4.69, 9.17) is 0 Å². The summed E-state index contributed by atoms with van der Waals surface area (Å²) in [7, 11) is 0. The average molecular weight is 264 g/mol. The molecular weight excluding hydrogens is 254 g/mol. The van der Waals surface area contributed by atoms with E-state index in [-0.39, 0.29) is 12.0 Å². The Labute approximate surface area is 93.2 Å². The number of hydrogen-bond donors (Lipinski definition) is 0. The quantitative estimate of drug-likeness (QED) is 0.418. The Morgan fingerprint density at radius 1 is 1.29 bits per heavy atom. The molecule has 0 saturated carbocycles. The second kappa shape index (κ2) is 5.92. The highest BCUT2D eigenvalue weighted by atomic mass is 19.3. The molecule has 2 nitrogen and oxygen atoms in total. The summed E-state index contributed by atoms with van der Waals surface area (Å²) in [6.07, 6.45) is -11.9. The molecule has 0 fully saturated rings. The number of alkyl halides is 6. The van der Waals surface area contributed by atoms with E-state index in [1.807, 2.05) is 0 Å². The number of carbonyl (C=O) groups excluding carboxylic acids is 1. The Kier molecular flexibility index (Phi) is 5.50. The Bertz CT molecular complexity index is 291. The first kappa shape index (κ1) is 15.8. The lowest BCUT2D eigenvalue weighted by molar-refractivity contribution is -0.237. The summed E-state index contributed by atoms with van der Waals surface area (Å²) in [5.41, 5.74) is -0.337. The molecular formula is C9H10F6O2. The van der Waals surface area contributed by atoms with Gasteiger partial charge in [0, 0.05) is 5.57 Å². The first-order valence-corrected chi connectivity index (χ1v) is 4.47. The van der Waals surface area contributed by atoms with Crippen LogP contribution in [0.1, 0.15) is 13.3 Å². The molecule has 100 valence electrons. The number of rotatable bonds is 6. The SMILES string of the molecule is C=C(CC)C(=O)OC(F)C(F)(F)C(F)C(F)F. The summed E-state index contributed by atoms with van der Waals surface area (Å²) >= 11 is 0. The lowest BCUT2D eigenvalue weighted by Crippen LogP contribution is -2.45. The Morgan fingerprint density at radius 3 is 2.12 bits per heavy atom. The average Bonchev–Trinajstić information content (AvgIpc) is 2.26. The zero-order chi connectivity index (χ0) is 13.8. The number of carbonyl (C=O) groups is 1. The van der Waals surface area contributed by atoms with Crippen LogP contribution < -0.4 is 0 Å². The highest BCUT2D eigenvalue weighted by Crippen LogP contribution is 2.32. The number of halogens is 6. The van der Waals surface area contributed by atoms with Crippen molar-refractivity contribution in [2.45, 2.75) is 38.2 Å². The van der Waals surface area contributed by atoms with Crippen LogP contribution in [0.15, 0.2) is 12.2 Å². The van der Waals surface area contributed by atoms with E-state index in [1.165, 1.54) is 6.92 Å². The smallest absolute Gasteiger partial charge is 0.349 e. The van der Waals surface area contributed by atoms with Gasteiger partial charge in [0.25, 0.3) is 6.43 Å². The van der Waals surface area contributed by atoms with Crippen molar-refractivity contribution >= 4 is 5.97 Å². The normalized spacial score (nSPS) is 15.5. The van der Waals surface area contributed by atoms with Gasteiger partial charge in [0.1, 0.15) is 0 Å². The molecule has 2 unspecified atom stereocenters. The topological polar surface area (TPSA) is 26.3 Å². The van der Waals surface area contributed by atoms with E-state index in [0.717, 1.165) is 0 Å². The van der Waals surface area contributed by atoms with Crippen LogP contribution >= 0.6 is 0 Å². The van der Waals surface area contributed by atoms with Gasteiger partial charge in [0.05, 0.1) is 0 Å². The molecule has 0 heterocycles. The molecule has 0 radical (unpaired) electrons. The van der Waals surface area contributed by atoms with Crippen molar-refractivity contribution in [2.24, 2.45) is 0 Å². The third-order valence-electron chi connectivity index (χ3n) is 1.82. The minimum atomic E-state index is -5.11. The Hall–Kier alpha value is -1.21. The predicted molar refractivity (Wildman–Crippen MR) is 46.3 cm³/mol. The summed E-state index contributed by atoms with van der Waals surface area (Å²) in [6.45, 7) is 4.47. The lowest BCUT2D eigenvalue weighted by atomic mass is 10.2. The largest absolute Gasteiger partial charge is 0.421 e. The molecule has 2 atom stereocenters. The minimum absolute atomic E-state index is 0.00890. The molecule has 0 saturated heterocycles. The molecule has 0 aromatic heterocycles. The van der Waals surface area contributed by atoms with Crippen molar-refractivity contribution in [3.8, 4) is 0 Å². The molecule has 0 aliphatic rings. The van der Waals surface area contributed by atoms with Crippen LogP contribution in [-0.4, -0.2) is 30.8 Å². The second-order valence-electron chi connectivity index (χ2n) is 3.09. The van der Waals surface area contributed by atoms with Crippen LogP contribution in [0.5, 0.6) is 0 Å². The maximum absolute atomic E-state index is 12.7. The van der Waals surface area contributed by atoms with Crippen molar-refractivity contribution in [3.63, 3.8) is 0 Å². The molecule has 0 aromatic carbocycles. The first-order chi connectivity index (χ1) is 7.64. The first-order valence-electron chi connectivity index (χ1n) is 4.47. The van der Waals surface area contributed by atoms with Crippen LogP contribution in [0.4, 0.5) is 26.3 Å². The van der Waals surface area contributed by atoms with Gasteiger partial charge in [-0.05, 0) is 6.42 Å². The molecule has 0 N–H and O–H groups in total. The van der Waals surface area contributed by atoms with Gasteiger partial charge in [-0.3, -0.25) is 0 Å². The zero-order valence-electron chi connectivity index (χ0n) is 8.73. The van der Waals surface area contributed by atoms with Crippen molar-refractivity contribution in [2.75, 3.05) is 0 Å². The Balaban J connectivity index is 4.64. The van der Waals surface area contributed by atoms with Crippen LogP contribution in [0.3, 0.4) is 0 Å². The number of hydrogen-bond acceptors (Lipinski definition) is 2. The molecule has 0 aromatic rings. The highest BCUT2D eigenvalue weighted by molar-refractivity contribution is 5.87. The van der Waals surface area contributed by atoms with E-state index in [2.05, 4.69) is 11.3 Å².